The maximum Gasteiger partial charge on any atom is 0.295 e. The fraction of sp³-hybridized carbons (Fsp3) is 0.333. The smallest absolute Gasteiger partial charge is 0.295 e. The van der Waals surface area contributed by atoms with E-state index in [1.54, 1.807) is 29.2 Å². The summed E-state index contributed by atoms with van der Waals surface area (Å²) in [5, 5.41) is 11.0. The number of nitrogens with zero attached hydrogens (tertiary/aromatic N) is 2. The third-order valence-corrected chi connectivity index (χ3v) is 5.53. The minimum absolute atomic E-state index is 0.125. The van der Waals surface area contributed by atoms with Crippen LogP contribution < -0.4 is 0 Å². The van der Waals surface area contributed by atoms with Gasteiger partial charge in [0.05, 0.1) is 11.6 Å². The Morgan fingerprint density at radius 3 is 2.21 bits per heavy atom. The molecular formula is C24H28N2O3. The van der Waals surface area contributed by atoms with E-state index in [1.165, 1.54) is 0 Å². The number of hydrogen-bond donors (Lipinski definition) is 1. The van der Waals surface area contributed by atoms with E-state index in [0.29, 0.717) is 18.7 Å². The lowest BCUT2D eigenvalue weighted by molar-refractivity contribution is -0.140. The Morgan fingerprint density at radius 2 is 1.62 bits per heavy atom. The molecule has 2 aromatic rings. The van der Waals surface area contributed by atoms with Crippen LogP contribution in [0.25, 0.3) is 5.76 Å². The monoisotopic (exact) mass is 392 g/mol. The zero-order chi connectivity index (χ0) is 21.0. The quantitative estimate of drug-likeness (QED) is 0.443. The second kappa shape index (κ2) is 9.05. The van der Waals surface area contributed by atoms with Gasteiger partial charge in [-0.3, -0.25) is 9.59 Å². The second-order valence-corrected chi connectivity index (χ2v) is 7.30. The van der Waals surface area contributed by atoms with Gasteiger partial charge in [0.2, 0.25) is 0 Å². The lowest BCUT2D eigenvalue weighted by atomic mass is 9.95. The fourth-order valence-corrected chi connectivity index (χ4v) is 3.75. The summed E-state index contributed by atoms with van der Waals surface area (Å²) >= 11 is 0. The maximum absolute atomic E-state index is 12.9. The van der Waals surface area contributed by atoms with Crippen LogP contribution >= 0.6 is 0 Å². The number of likely N-dealkylation sites (N-methyl/N-ethyl adjacent to an activating group) is 1. The highest BCUT2D eigenvalue weighted by atomic mass is 16.3. The van der Waals surface area contributed by atoms with Gasteiger partial charge < -0.3 is 14.9 Å². The van der Waals surface area contributed by atoms with Crippen molar-refractivity contribution in [2.45, 2.75) is 26.8 Å². The molecule has 0 aliphatic carbocycles. The van der Waals surface area contributed by atoms with Crippen molar-refractivity contribution in [1.29, 1.82) is 0 Å². The van der Waals surface area contributed by atoms with Crippen LogP contribution in [0.15, 0.2) is 60.2 Å². The molecule has 1 aliphatic heterocycles. The first-order valence-electron chi connectivity index (χ1n) is 10.1. The van der Waals surface area contributed by atoms with Crippen molar-refractivity contribution in [3.63, 3.8) is 0 Å². The molecule has 3 rings (SSSR count). The minimum Gasteiger partial charge on any atom is -0.507 e. The van der Waals surface area contributed by atoms with E-state index in [9.17, 15) is 14.7 Å². The minimum atomic E-state index is -0.628. The topological polar surface area (TPSA) is 60.9 Å². The Morgan fingerprint density at radius 1 is 1.00 bits per heavy atom. The van der Waals surface area contributed by atoms with Gasteiger partial charge in [0.25, 0.3) is 11.7 Å². The van der Waals surface area contributed by atoms with Gasteiger partial charge in [-0.25, -0.2) is 0 Å². The highest BCUT2D eigenvalue weighted by molar-refractivity contribution is 6.46. The van der Waals surface area contributed by atoms with Crippen molar-refractivity contribution in [2.75, 3.05) is 26.2 Å². The number of amides is 1. The van der Waals surface area contributed by atoms with Crippen molar-refractivity contribution < 1.29 is 14.7 Å². The highest BCUT2D eigenvalue weighted by Crippen LogP contribution is 2.39. The predicted octanol–water partition coefficient (Wildman–Crippen LogP) is 3.76. The summed E-state index contributed by atoms with van der Waals surface area (Å²) in [6, 6.07) is 16.1. The molecule has 29 heavy (non-hydrogen) atoms. The Balaban J connectivity index is 2.07. The molecular weight excluding hydrogens is 364 g/mol. The van der Waals surface area contributed by atoms with Crippen LogP contribution in [-0.4, -0.2) is 52.8 Å². The van der Waals surface area contributed by atoms with E-state index in [-0.39, 0.29) is 11.3 Å². The molecule has 1 heterocycles. The van der Waals surface area contributed by atoms with E-state index < -0.39 is 17.7 Å². The average molecular weight is 392 g/mol. The molecule has 0 unspecified atom stereocenters. The molecule has 0 spiro atoms. The summed E-state index contributed by atoms with van der Waals surface area (Å²) in [6.45, 7) is 8.99. The normalized spacial score (nSPS) is 18.6. The van der Waals surface area contributed by atoms with Gasteiger partial charge in [0, 0.05) is 18.7 Å². The molecule has 0 aromatic heterocycles. The van der Waals surface area contributed by atoms with Crippen molar-refractivity contribution in [3.8, 4) is 0 Å². The Labute approximate surface area is 172 Å². The number of benzene rings is 2. The summed E-state index contributed by atoms with van der Waals surface area (Å²) < 4.78 is 0. The third kappa shape index (κ3) is 4.25. The first-order valence-corrected chi connectivity index (χ1v) is 10.1. The standard InChI is InChI=1S/C24H28N2O3/c1-4-25(5-2)15-16-26-21(18-13-11-17(3)12-14-18)20(23(28)24(26)29)22(27)19-9-7-6-8-10-19/h6-14,21,27H,4-5,15-16H2,1-3H3/t21-/m0/s1. The number of ketones is 1. The summed E-state index contributed by atoms with van der Waals surface area (Å²) in [4.78, 5) is 29.7. The molecule has 0 radical (unpaired) electrons. The molecule has 1 aliphatic rings. The van der Waals surface area contributed by atoms with E-state index in [2.05, 4.69) is 18.7 Å². The molecule has 5 heteroatoms. The third-order valence-electron chi connectivity index (χ3n) is 5.53. The van der Waals surface area contributed by atoms with Crippen LogP contribution in [-0.2, 0) is 9.59 Å². The lowest BCUT2D eigenvalue weighted by Crippen LogP contribution is -2.38. The first kappa shape index (κ1) is 20.8. The van der Waals surface area contributed by atoms with Gasteiger partial charge in [-0.05, 0) is 25.6 Å². The molecule has 0 saturated carbocycles. The summed E-state index contributed by atoms with van der Waals surface area (Å²) in [5.41, 5.74) is 2.61. The van der Waals surface area contributed by atoms with Crippen molar-refractivity contribution in [3.05, 3.63) is 76.9 Å². The van der Waals surface area contributed by atoms with Crippen LogP contribution in [0, 0.1) is 6.92 Å². The van der Waals surface area contributed by atoms with Gasteiger partial charge in [-0.15, -0.1) is 0 Å². The van der Waals surface area contributed by atoms with Gasteiger partial charge in [-0.2, -0.15) is 0 Å². The number of hydrogen-bond acceptors (Lipinski definition) is 4. The van der Waals surface area contributed by atoms with Gasteiger partial charge in [0.1, 0.15) is 5.76 Å². The Bertz CT molecular complexity index is 899. The van der Waals surface area contributed by atoms with Crippen molar-refractivity contribution in [1.82, 2.24) is 9.80 Å². The highest BCUT2D eigenvalue weighted by Gasteiger charge is 2.45. The summed E-state index contributed by atoms with van der Waals surface area (Å²) in [5.74, 6) is -1.31. The number of rotatable bonds is 7. The number of aliphatic hydroxyl groups excluding tert-OH is 1. The van der Waals surface area contributed by atoms with Gasteiger partial charge in [-0.1, -0.05) is 74.0 Å². The van der Waals surface area contributed by atoms with Crippen LogP contribution in [0.2, 0.25) is 0 Å². The lowest BCUT2D eigenvalue weighted by Gasteiger charge is -2.28. The summed E-state index contributed by atoms with van der Waals surface area (Å²) in [6.07, 6.45) is 0. The fourth-order valence-electron chi connectivity index (χ4n) is 3.75. The van der Waals surface area contributed by atoms with E-state index in [4.69, 9.17) is 0 Å². The molecule has 2 aromatic carbocycles. The van der Waals surface area contributed by atoms with E-state index >= 15 is 0 Å². The molecule has 5 nitrogen and oxygen atoms in total. The van der Waals surface area contributed by atoms with E-state index in [1.807, 2.05) is 37.3 Å². The molecule has 1 saturated heterocycles. The van der Waals surface area contributed by atoms with Crippen LogP contribution in [0.3, 0.4) is 0 Å². The Kier molecular flexibility index (Phi) is 6.49. The number of aryl methyl sites for hydroxylation is 1. The number of carbonyl (C=O) groups excluding carboxylic acids is 2. The largest absolute Gasteiger partial charge is 0.507 e. The number of likely N-dealkylation sites (tertiary alicyclic amines) is 1. The first-order chi connectivity index (χ1) is 14.0. The van der Waals surface area contributed by atoms with Crippen LogP contribution in [0.5, 0.6) is 0 Å². The van der Waals surface area contributed by atoms with Gasteiger partial charge >= 0.3 is 0 Å². The molecule has 152 valence electrons. The zero-order valence-corrected chi connectivity index (χ0v) is 17.3. The molecule has 0 bridgehead atoms. The van der Waals surface area contributed by atoms with Crippen molar-refractivity contribution >= 4 is 17.4 Å². The molecule has 1 fully saturated rings. The van der Waals surface area contributed by atoms with E-state index in [0.717, 1.165) is 24.2 Å². The zero-order valence-electron chi connectivity index (χ0n) is 17.3. The number of Topliss-reactive ketones (excluding diaryl/α,β-unsaturated/α-hetero) is 1. The maximum atomic E-state index is 12.9. The predicted molar refractivity (Wildman–Crippen MR) is 114 cm³/mol. The molecule has 1 amide bonds. The average Bonchev–Trinajstić information content (AvgIpc) is 3.00. The summed E-state index contributed by atoms with van der Waals surface area (Å²) in [7, 11) is 0. The number of aliphatic hydroxyl groups is 1. The second-order valence-electron chi connectivity index (χ2n) is 7.30. The Hall–Kier alpha value is -2.92. The van der Waals surface area contributed by atoms with Crippen LogP contribution in [0.4, 0.5) is 0 Å². The molecule has 1 atom stereocenters. The van der Waals surface area contributed by atoms with Crippen LogP contribution in [0.1, 0.15) is 36.6 Å². The van der Waals surface area contributed by atoms with Crippen molar-refractivity contribution in [2.24, 2.45) is 0 Å². The SMILES string of the molecule is CCN(CC)CCN1C(=O)C(=O)C(=C(O)c2ccccc2)[C@@H]1c1ccc(C)cc1. The number of carbonyl (C=O) groups is 2. The van der Waals surface area contributed by atoms with Gasteiger partial charge in [0.15, 0.2) is 0 Å². The molecule has 1 N–H and O–H groups in total.